The van der Waals surface area contributed by atoms with Crippen molar-refractivity contribution in [3.8, 4) is 0 Å². The highest BCUT2D eigenvalue weighted by molar-refractivity contribution is 5.20. The lowest BCUT2D eigenvalue weighted by Crippen LogP contribution is -2.32. The lowest BCUT2D eigenvalue weighted by atomic mass is 10.0. The molecule has 0 aromatic heterocycles. The Bertz CT molecular complexity index is 438. The van der Waals surface area contributed by atoms with Gasteiger partial charge in [0.2, 0.25) is 0 Å². The maximum absolute atomic E-state index is 10.3. The maximum atomic E-state index is 10.3. The summed E-state index contributed by atoms with van der Waals surface area (Å²) < 4.78 is 0. The van der Waals surface area contributed by atoms with Gasteiger partial charge in [0.05, 0.1) is 12.4 Å². The molecule has 0 aromatic rings. The van der Waals surface area contributed by atoms with Crippen LogP contribution in [0.25, 0.3) is 0 Å². The van der Waals surface area contributed by atoms with Crippen LogP contribution in [0.3, 0.4) is 0 Å². The number of hydrogen-bond acceptors (Lipinski definition) is 4. The van der Waals surface area contributed by atoms with Gasteiger partial charge in [0.25, 0.3) is 0 Å². The number of nitrogens with zero attached hydrogens (tertiary/aromatic N) is 2. The predicted octanol–water partition coefficient (Wildman–Crippen LogP) is 3.16. The van der Waals surface area contributed by atoms with Gasteiger partial charge in [-0.2, -0.15) is 0 Å². The average molecular weight is 273 g/mol. The standard InChI is InChI=1S/C16H23N3O/c1-3-16(18-20)9-4-6-13(2)17-12-19-10-14-7-5-8-15(14)11-19/h3-4,9,14-15,17H,1,5,7-8,10-12H2,2H3/b16-9+. The molecule has 0 amide bonds. The summed E-state index contributed by atoms with van der Waals surface area (Å²) in [6.07, 6.45) is 8.95. The summed E-state index contributed by atoms with van der Waals surface area (Å²) in [4.78, 5) is 12.8. The smallest absolute Gasteiger partial charge is 0.108 e. The summed E-state index contributed by atoms with van der Waals surface area (Å²) in [7, 11) is 0. The van der Waals surface area contributed by atoms with E-state index in [2.05, 4.69) is 27.7 Å². The summed E-state index contributed by atoms with van der Waals surface area (Å²) in [5, 5.41) is 6.19. The van der Waals surface area contributed by atoms with E-state index in [0.717, 1.165) is 24.2 Å². The fraction of sp³-hybridized carbons (Fsp3) is 0.562. The number of allylic oxidation sites excluding steroid dienone is 3. The zero-order chi connectivity index (χ0) is 14.4. The quantitative estimate of drug-likeness (QED) is 0.459. The van der Waals surface area contributed by atoms with Crippen LogP contribution < -0.4 is 5.32 Å². The molecule has 2 rings (SSSR count). The monoisotopic (exact) mass is 273 g/mol. The first-order chi connectivity index (χ1) is 9.72. The number of hydrogen-bond donors (Lipinski definition) is 1. The molecule has 0 radical (unpaired) electrons. The minimum Gasteiger partial charge on any atom is -0.370 e. The van der Waals surface area contributed by atoms with E-state index in [1.807, 2.05) is 6.92 Å². The summed E-state index contributed by atoms with van der Waals surface area (Å²) in [5.74, 6) is 1.85. The van der Waals surface area contributed by atoms with Gasteiger partial charge in [0, 0.05) is 13.1 Å². The molecule has 4 heteroatoms. The molecule has 0 spiro atoms. The molecule has 1 aliphatic heterocycles. The van der Waals surface area contributed by atoms with Crippen LogP contribution in [-0.2, 0) is 0 Å². The normalized spacial score (nSPS) is 25.8. The van der Waals surface area contributed by atoms with Crippen molar-refractivity contribution in [1.29, 1.82) is 0 Å². The number of nitroso groups, excluding NO2 is 1. The molecule has 2 unspecified atom stereocenters. The van der Waals surface area contributed by atoms with Crippen molar-refractivity contribution >= 4 is 0 Å². The molecule has 108 valence electrons. The third kappa shape index (κ3) is 3.92. The van der Waals surface area contributed by atoms with Crippen LogP contribution in [0.1, 0.15) is 26.2 Å². The summed E-state index contributed by atoms with van der Waals surface area (Å²) in [5.41, 5.74) is 4.37. The molecular weight excluding hydrogens is 250 g/mol. The first-order valence-electron chi connectivity index (χ1n) is 7.28. The van der Waals surface area contributed by atoms with Gasteiger partial charge in [-0.05, 0) is 55.0 Å². The Morgan fingerprint density at radius 1 is 1.45 bits per heavy atom. The van der Waals surface area contributed by atoms with Crippen LogP contribution in [0.4, 0.5) is 0 Å². The second-order valence-corrected chi connectivity index (χ2v) is 5.64. The van der Waals surface area contributed by atoms with Crippen LogP contribution in [0.5, 0.6) is 0 Å². The van der Waals surface area contributed by atoms with E-state index >= 15 is 0 Å². The zero-order valence-corrected chi connectivity index (χ0v) is 12.1. The molecule has 1 aliphatic carbocycles. The number of nitrogens with one attached hydrogen (secondary N) is 1. The minimum atomic E-state index is 0.317. The third-order valence-electron chi connectivity index (χ3n) is 4.24. The predicted molar refractivity (Wildman–Crippen MR) is 81.8 cm³/mol. The Morgan fingerprint density at radius 2 is 2.15 bits per heavy atom. The molecule has 1 saturated heterocycles. The zero-order valence-electron chi connectivity index (χ0n) is 12.1. The van der Waals surface area contributed by atoms with Gasteiger partial charge in [-0.3, -0.25) is 4.90 Å². The largest absolute Gasteiger partial charge is 0.370 e. The molecule has 2 aliphatic rings. The Labute approximate surface area is 120 Å². The lowest BCUT2D eigenvalue weighted by molar-refractivity contribution is 0.297. The molecule has 0 aromatic carbocycles. The van der Waals surface area contributed by atoms with E-state index in [1.54, 1.807) is 12.2 Å². The molecular formula is C16H23N3O. The van der Waals surface area contributed by atoms with Crippen molar-refractivity contribution in [2.45, 2.75) is 26.2 Å². The van der Waals surface area contributed by atoms with E-state index in [4.69, 9.17) is 0 Å². The molecule has 0 bridgehead atoms. The van der Waals surface area contributed by atoms with E-state index in [1.165, 1.54) is 38.4 Å². The van der Waals surface area contributed by atoms with Gasteiger partial charge in [0.15, 0.2) is 0 Å². The van der Waals surface area contributed by atoms with Crippen LogP contribution in [-0.4, -0.2) is 24.7 Å². The van der Waals surface area contributed by atoms with Crippen molar-refractivity contribution in [3.05, 3.63) is 46.8 Å². The van der Waals surface area contributed by atoms with E-state index < -0.39 is 0 Å². The molecule has 4 nitrogen and oxygen atoms in total. The highest BCUT2D eigenvalue weighted by atomic mass is 16.3. The minimum absolute atomic E-state index is 0.317. The molecule has 1 N–H and O–H groups in total. The average Bonchev–Trinajstić information content (AvgIpc) is 3.02. The van der Waals surface area contributed by atoms with Crippen molar-refractivity contribution in [2.75, 3.05) is 19.8 Å². The van der Waals surface area contributed by atoms with Gasteiger partial charge >= 0.3 is 0 Å². The van der Waals surface area contributed by atoms with Gasteiger partial charge < -0.3 is 5.32 Å². The SMILES string of the molecule is C=C/C(=C\C=C=C(C)NCN1CC2CCCC2C1)N=O. The Morgan fingerprint density at radius 3 is 2.75 bits per heavy atom. The van der Waals surface area contributed by atoms with Crippen LogP contribution >= 0.6 is 0 Å². The first kappa shape index (κ1) is 14.8. The molecule has 2 atom stereocenters. The summed E-state index contributed by atoms with van der Waals surface area (Å²) >= 11 is 0. The first-order valence-corrected chi connectivity index (χ1v) is 7.28. The fourth-order valence-electron chi connectivity index (χ4n) is 3.13. The van der Waals surface area contributed by atoms with E-state index in [9.17, 15) is 4.91 Å². The number of rotatable bonds is 6. The Balaban J connectivity index is 1.79. The van der Waals surface area contributed by atoms with E-state index in [-0.39, 0.29) is 0 Å². The molecule has 1 heterocycles. The number of likely N-dealkylation sites (tertiary alicyclic amines) is 1. The van der Waals surface area contributed by atoms with E-state index in [0.29, 0.717) is 5.70 Å². The van der Waals surface area contributed by atoms with Gasteiger partial charge in [0.1, 0.15) is 5.70 Å². The fourth-order valence-corrected chi connectivity index (χ4v) is 3.13. The highest BCUT2D eigenvalue weighted by Crippen LogP contribution is 2.37. The summed E-state index contributed by atoms with van der Waals surface area (Å²) in [6, 6.07) is 0. The topological polar surface area (TPSA) is 44.7 Å². The Hall–Kier alpha value is -1.64. The lowest BCUT2D eigenvalue weighted by Gasteiger charge is -2.17. The van der Waals surface area contributed by atoms with Crippen molar-refractivity contribution in [3.63, 3.8) is 0 Å². The van der Waals surface area contributed by atoms with Gasteiger partial charge in [-0.25, -0.2) is 0 Å². The van der Waals surface area contributed by atoms with Gasteiger partial charge in [-0.1, -0.05) is 13.0 Å². The molecule has 1 saturated carbocycles. The molecule has 2 fully saturated rings. The number of fused-ring (bicyclic) bond motifs is 1. The van der Waals surface area contributed by atoms with Crippen molar-refractivity contribution in [2.24, 2.45) is 17.0 Å². The molecule has 20 heavy (non-hydrogen) atoms. The summed E-state index contributed by atoms with van der Waals surface area (Å²) in [6.45, 7) is 8.81. The van der Waals surface area contributed by atoms with Crippen LogP contribution in [0.2, 0.25) is 0 Å². The van der Waals surface area contributed by atoms with Crippen LogP contribution in [0, 0.1) is 16.7 Å². The highest BCUT2D eigenvalue weighted by Gasteiger charge is 2.35. The van der Waals surface area contributed by atoms with Gasteiger partial charge in [-0.15, -0.1) is 10.6 Å². The van der Waals surface area contributed by atoms with Crippen LogP contribution in [0.15, 0.2) is 47.1 Å². The second-order valence-electron chi connectivity index (χ2n) is 5.64. The Kier molecular flexibility index (Phi) is 5.33. The second kappa shape index (κ2) is 7.22. The third-order valence-corrected chi connectivity index (χ3v) is 4.24. The van der Waals surface area contributed by atoms with Crippen molar-refractivity contribution < 1.29 is 0 Å². The van der Waals surface area contributed by atoms with Crippen molar-refractivity contribution in [1.82, 2.24) is 10.2 Å². The maximum Gasteiger partial charge on any atom is 0.108 e.